The standard InChI is InChI=1S/C21H22N4OS/c1-15-7-9-18(10-8-15)27(26)24-12-11-19-21(24)23-14-17-13-22-20(25(17)19)16-5-3-2-4-6-16/h7-14,16H,2-6H2,1H3. The average molecular weight is 379 g/mol. The van der Waals surface area contributed by atoms with Crippen molar-refractivity contribution in [2.75, 3.05) is 0 Å². The first-order valence-electron chi connectivity index (χ1n) is 9.55. The van der Waals surface area contributed by atoms with E-state index in [1.165, 1.54) is 32.1 Å². The average Bonchev–Trinajstić information content (AvgIpc) is 3.32. The van der Waals surface area contributed by atoms with E-state index in [0.29, 0.717) is 5.92 Å². The van der Waals surface area contributed by atoms with Crippen molar-refractivity contribution in [1.29, 1.82) is 0 Å². The van der Waals surface area contributed by atoms with Crippen LogP contribution in [-0.4, -0.2) is 22.5 Å². The minimum atomic E-state index is -1.32. The second-order valence-corrected chi connectivity index (χ2v) is 8.75. The maximum Gasteiger partial charge on any atom is 0.169 e. The zero-order chi connectivity index (χ0) is 18.4. The maximum absolute atomic E-state index is 13.1. The van der Waals surface area contributed by atoms with Crippen LogP contribution in [0.25, 0.3) is 16.7 Å². The largest absolute Gasteiger partial charge is 0.291 e. The summed E-state index contributed by atoms with van der Waals surface area (Å²) in [7, 11) is -1.32. The zero-order valence-electron chi connectivity index (χ0n) is 15.3. The fourth-order valence-electron chi connectivity index (χ4n) is 4.11. The topological polar surface area (TPSA) is 52.2 Å². The van der Waals surface area contributed by atoms with Gasteiger partial charge in [-0.1, -0.05) is 37.0 Å². The second-order valence-electron chi connectivity index (χ2n) is 7.38. The highest BCUT2D eigenvalue weighted by Crippen LogP contribution is 2.33. The van der Waals surface area contributed by atoms with Gasteiger partial charge in [-0.2, -0.15) is 0 Å². The van der Waals surface area contributed by atoms with Crippen LogP contribution in [0.15, 0.2) is 53.8 Å². The number of imidazole rings is 1. The summed E-state index contributed by atoms with van der Waals surface area (Å²) in [5, 5.41) is 0. The SMILES string of the molecule is Cc1ccc(S(=O)n2ccc3c2ncc2cnc(C4CCCCC4)n23)cc1. The summed E-state index contributed by atoms with van der Waals surface area (Å²) in [5.41, 5.74) is 3.87. The van der Waals surface area contributed by atoms with Gasteiger partial charge >= 0.3 is 0 Å². The van der Waals surface area contributed by atoms with Gasteiger partial charge < -0.3 is 0 Å². The van der Waals surface area contributed by atoms with E-state index in [-0.39, 0.29) is 0 Å². The van der Waals surface area contributed by atoms with Crippen LogP contribution in [0.4, 0.5) is 0 Å². The zero-order valence-corrected chi connectivity index (χ0v) is 16.2. The van der Waals surface area contributed by atoms with E-state index in [9.17, 15) is 4.21 Å². The van der Waals surface area contributed by atoms with Crippen molar-refractivity contribution in [2.24, 2.45) is 0 Å². The Labute approximate surface area is 160 Å². The summed E-state index contributed by atoms with van der Waals surface area (Å²) >= 11 is 0. The molecule has 3 heterocycles. The van der Waals surface area contributed by atoms with Gasteiger partial charge in [0.2, 0.25) is 0 Å². The van der Waals surface area contributed by atoms with E-state index in [4.69, 9.17) is 4.98 Å². The quantitative estimate of drug-likeness (QED) is 0.523. The monoisotopic (exact) mass is 378 g/mol. The molecule has 0 saturated heterocycles. The number of hydrogen-bond donors (Lipinski definition) is 0. The Bertz CT molecular complexity index is 1140. The van der Waals surface area contributed by atoms with Crippen molar-refractivity contribution < 1.29 is 4.21 Å². The molecule has 0 amide bonds. The molecule has 138 valence electrons. The summed E-state index contributed by atoms with van der Waals surface area (Å²) in [6, 6.07) is 9.82. The molecule has 1 atom stereocenters. The summed E-state index contributed by atoms with van der Waals surface area (Å²) < 4.78 is 17.1. The van der Waals surface area contributed by atoms with Gasteiger partial charge in [0.15, 0.2) is 16.6 Å². The van der Waals surface area contributed by atoms with Crippen LogP contribution < -0.4 is 0 Å². The molecular formula is C21H22N4OS. The van der Waals surface area contributed by atoms with Crippen LogP contribution in [0, 0.1) is 6.92 Å². The second kappa shape index (κ2) is 6.60. The lowest BCUT2D eigenvalue weighted by atomic mass is 9.89. The molecule has 0 aliphatic heterocycles. The number of nitrogens with zero attached hydrogens (tertiary/aromatic N) is 4. The van der Waals surface area contributed by atoms with Crippen molar-refractivity contribution >= 4 is 27.7 Å². The Morgan fingerprint density at radius 2 is 1.74 bits per heavy atom. The molecular weight excluding hydrogens is 356 g/mol. The molecule has 1 aromatic carbocycles. The summed E-state index contributed by atoms with van der Waals surface area (Å²) in [6.07, 6.45) is 11.9. The molecule has 0 spiro atoms. The lowest BCUT2D eigenvalue weighted by Crippen LogP contribution is -2.09. The highest BCUT2D eigenvalue weighted by molar-refractivity contribution is 7.83. The van der Waals surface area contributed by atoms with Crippen LogP contribution >= 0.6 is 0 Å². The lowest BCUT2D eigenvalue weighted by molar-refractivity contribution is 0.428. The van der Waals surface area contributed by atoms with Gasteiger partial charge in [-0.15, -0.1) is 0 Å². The van der Waals surface area contributed by atoms with E-state index in [1.54, 1.807) is 3.97 Å². The molecule has 27 heavy (non-hydrogen) atoms. The fraction of sp³-hybridized carbons (Fsp3) is 0.333. The number of hydrogen-bond acceptors (Lipinski definition) is 3. The molecule has 6 heteroatoms. The summed E-state index contributed by atoms with van der Waals surface area (Å²) in [5.74, 6) is 1.62. The normalized spacial score (nSPS) is 16.9. The highest BCUT2D eigenvalue weighted by Gasteiger charge is 2.22. The van der Waals surface area contributed by atoms with Crippen molar-refractivity contribution in [3.63, 3.8) is 0 Å². The predicted molar refractivity (Wildman–Crippen MR) is 107 cm³/mol. The Morgan fingerprint density at radius 3 is 2.52 bits per heavy atom. The summed E-state index contributed by atoms with van der Waals surface area (Å²) in [6.45, 7) is 2.03. The number of benzene rings is 1. The first kappa shape index (κ1) is 16.7. The third-order valence-electron chi connectivity index (χ3n) is 5.55. The highest BCUT2D eigenvalue weighted by atomic mass is 32.2. The molecule has 0 radical (unpaired) electrons. The molecule has 1 saturated carbocycles. The Hall–Kier alpha value is -2.47. The summed E-state index contributed by atoms with van der Waals surface area (Å²) in [4.78, 5) is 10.1. The molecule has 0 N–H and O–H groups in total. The first-order chi connectivity index (χ1) is 13.2. The van der Waals surface area contributed by atoms with Crippen LogP contribution in [0.3, 0.4) is 0 Å². The van der Waals surface area contributed by atoms with Gasteiger partial charge in [0.1, 0.15) is 5.82 Å². The Morgan fingerprint density at radius 1 is 1.00 bits per heavy atom. The lowest BCUT2D eigenvalue weighted by Gasteiger charge is -2.20. The first-order valence-corrected chi connectivity index (χ1v) is 10.7. The van der Waals surface area contributed by atoms with E-state index in [2.05, 4.69) is 9.38 Å². The molecule has 4 aromatic rings. The van der Waals surface area contributed by atoms with Gasteiger partial charge in [0.25, 0.3) is 0 Å². The van der Waals surface area contributed by atoms with Gasteiger partial charge in [-0.05, 0) is 38.0 Å². The molecule has 5 rings (SSSR count). The van der Waals surface area contributed by atoms with Crippen molar-refractivity contribution in [1.82, 2.24) is 18.3 Å². The molecule has 0 bridgehead atoms. The minimum absolute atomic E-state index is 0.498. The third kappa shape index (κ3) is 2.79. The molecule has 1 fully saturated rings. The van der Waals surface area contributed by atoms with Crippen molar-refractivity contribution in [3.05, 3.63) is 60.3 Å². The number of rotatable bonds is 3. The van der Waals surface area contributed by atoms with Gasteiger partial charge in [0, 0.05) is 12.1 Å². The van der Waals surface area contributed by atoms with Crippen LogP contribution in [0.5, 0.6) is 0 Å². The third-order valence-corrected chi connectivity index (χ3v) is 6.88. The van der Waals surface area contributed by atoms with Gasteiger partial charge in [-0.3, -0.25) is 4.40 Å². The Kier molecular flexibility index (Phi) is 4.08. The van der Waals surface area contributed by atoms with E-state index in [0.717, 1.165) is 33.0 Å². The minimum Gasteiger partial charge on any atom is -0.291 e. The molecule has 3 aromatic heterocycles. The van der Waals surface area contributed by atoms with E-state index >= 15 is 0 Å². The van der Waals surface area contributed by atoms with E-state index in [1.807, 2.05) is 55.8 Å². The predicted octanol–water partition coefficient (Wildman–Crippen LogP) is 4.61. The molecule has 5 nitrogen and oxygen atoms in total. The van der Waals surface area contributed by atoms with E-state index < -0.39 is 11.0 Å². The number of fused-ring (bicyclic) bond motifs is 3. The fourth-order valence-corrected chi connectivity index (χ4v) is 5.17. The molecule has 1 aliphatic rings. The van der Waals surface area contributed by atoms with Crippen molar-refractivity contribution in [2.45, 2.75) is 49.8 Å². The number of aryl methyl sites for hydroxylation is 1. The van der Waals surface area contributed by atoms with Gasteiger partial charge in [0.05, 0.1) is 28.3 Å². The molecule has 1 aliphatic carbocycles. The maximum atomic E-state index is 13.1. The van der Waals surface area contributed by atoms with Crippen LogP contribution in [0.2, 0.25) is 0 Å². The number of aromatic nitrogens is 4. The molecule has 1 unspecified atom stereocenters. The Balaban J connectivity index is 1.64. The smallest absolute Gasteiger partial charge is 0.169 e. The van der Waals surface area contributed by atoms with Crippen molar-refractivity contribution in [3.8, 4) is 0 Å². The van der Waals surface area contributed by atoms with Gasteiger partial charge in [-0.25, -0.2) is 18.1 Å². The van der Waals surface area contributed by atoms with Crippen LogP contribution in [-0.2, 0) is 11.0 Å². The van der Waals surface area contributed by atoms with Crippen LogP contribution in [0.1, 0.15) is 49.4 Å².